The fourth-order valence-electron chi connectivity index (χ4n) is 7.02. The van der Waals surface area contributed by atoms with Gasteiger partial charge in [0.1, 0.15) is 6.10 Å². The van der Waals surface area contributed by atoms with Crippen LogP contribution in [0.25, 0.3) is 0 Å². The summed E-state index contributed by atoms with van der Waals surface area (Å²) in [5.41, 5.74) is 0. The first-order valence-electron chi connectivity index (χ1n) is 22.3. The summed E-state index contributed by atoms with van der Waals surface area (Å²) < 4.78 is 5.87. The maximum atomic E-state index is 13.0. The number of nitrogens with one attached hydrogen (secondary N) is 1. The van der Waals surface area contributed by atoms with E-state index < -0.39 is 18.2 Å². The van der Waals surface area contributed by atoms with Gasteiger partial charge in [0.05, 0.1) is 25.2 Å². The van der Waals surface area contributed by atoms with Crippen LogP contribution in [-0.2, 0) is 14.3 Å². The molecule has 298 valence electrons. The van der Waals surface area contributed by atoms with E-state index in [9.17, 15) is 19.8 Å². The Morgan fingerprint density at radius 1 is 0.500 bits per heavy atom. The molecule has 0 spiro atoms. The minimum absolute atomic E-state index is 0.0850. The third kappa shape index (κ3) is 34.0. The molecule has 0 aliphatic carbocycles. The third-order valence-electron chi connectivity index (χ3n) is 10.4. The molecule has 3 N–H and O–H groups in total. The predicted molar refractivity (Wildman–Crippen MR) is 214 cm³/mol. The largest absolute Gasteiger partial charge is 0.462 e. The van der Waals surface area contributed by atoms with Gasteiger partial charge in [0, 0.05) is 6.42 Å². The third-order valence-corrected chi connectivity index (χ3v) is 10.4. The summed E-state index contributed by atoms with van der Waals surface area (Å²) in [6.45, 7) is 6.43. The minimum atomic E-state index is -0.775. The molecule has 0 saturated carbocycles. The lowest BCUT2D eigenvalue weighted by Gasteiger charge is -2.24. The SMILES string of the molecule is CCCCCCCCCCCCCCCCCC(=O)OC(CCCCCCCCC)CC(=O)NC(CO)C(O)CCCCCCCCCCC. The summed E-state index contributed by atoms with van der Waals surface area (Å²) in [4.78, 5) is 25.8. The van der Waals surface area contributed by atoms with E-state index in [0.717, 1.165) is 38.5 Å². The second-order valence-corrected chi connectivity index (χ2v) is 15.5. The Balaban J connectivity index is 4.39. The average Bonchev–Trinajstić information content (AvgIpc) is 3.10. The number of unbranched alkanes of at least 4 members (excludes halogenated alkanes) is 28. The molecule has 0 heterocycles. The summed E-state index contributed by atoms with van der Waals surface area (Å²) in [7, 11) is 0. The predicted octanol–water partition coefficient (Wildman–Crippen LogP) is 12.4. The molecule has 6 heteroatoms. The highest BCUT2D eigenvalue weighted by Gasteiger charge is 2.24. The van der Waals surface area contributed by atoms with Crippen molar-refractivity contribution < 1.29 is 24.5 Å². The fraction of sp³-hybridized carbons (Fsp3) is 0.955. The van der Waals surface area contributed by atoms with Crippen LogP contribution in [0, 0.1) is 0 Å². The summed E-state index contributed by atoms with van der Waals surface area (Å²) in [5, 5.41) is 23.5. The number of carbonyl (C=O) groups is 2. The van der Waals surface area contributed by atoms with E-state index in [1.165, 1.54) is 161 Å². The van der Waals surface area contributed by atoms with Crippen molar-refractivity contribution in [3.63, 3.8) is 0 Å². The van der Waals surface area contributed by atoms with Gasteiger partial charge in [-0.3, -0.25) is 9.59 Å². The minimum Gasteiger partial charge on any atom is -0.462 e. The van der Waals surface area contributed by atoms with Crippen LogP contribution in [0.1, 0.15) is 245 Å². The van der Waals surface area contributed by atoms with Crippen molar-refractivity contribution in [2.45, 2.75) is 264 Å². The molecule has 0 bridgehead atoms. The molecule has 6 nitrogen and oxygen atoms in total. The molecule has 50 heavy (non-hydrogen) atoms. The van der Waals surface area contributed by atoms with Crippen LogP contribution in [0.4, 0.5) is 0 Å². The Hall–Kier alpha value is -1.14. The zero-order valence-electron chi connectivity index (χ0n) is 33.8. The van der Waals surface area contributed by atoms with Gasteiger partial charge in [0.2, 0.25) is 5.91 Å². The van der Waals surface area contributed by atoms with Crippen molar-refractivity contribution in [3.05, 3.63) is 0 Å². The van der Waals surface area contributed by atoms with Crippen molar-refractivity contribution in [1.29, 1.82) is 0 Å². The zero-order valence-corrected chi connectivity index (χ0v) is 33.8. The topological polar surface area (TPSA) is 95.9 Å². The van der Waals surface area contributed by atoms with Crippen LogP contribution in [0.2, 0.25) is 0 Å². The van der Waals surface area contributed by atoms with Crippen molar-refractivity contribution in [1.82, 2.24) is 5.32 Å². The number of esters is 1. The molecule has 0 radical (unpaired) electrons. The van der Waals surface area contributed by atoms with Gasteiger partial charge in [-0.05, 0) is 25.7 Å². The first kappa shape index (κ1) is 48.9. The number of aliphatic hydroxyl groups excluding tert-OH is 2. The molecule has 0 aromatic rings. The van der Waals surface area contributed by atoms with Crippen LogP contribution in [-0.4, -0.2) is 46.9 Å². The average molecular weight is 710 g/mol. The second-order valence-electron chi connectivity index (χ2n) is 15.5. The summed E-state index contributed by atoms with van der Waals surface area (Å²) in [6.07, 6.45) is 38.9. The molecule has 1 amide bonds. The lowest BCUT2D eigenvalue weighted by atomic mass is 10.0. The fourth-order valence-corrected chi connectivity index (χ4v) is 7.02. The molecule has 0 saturated heterocycles. The normalized spacial score (nSPS) is 13.3. The second kappa shape index (κ2) is 39.1. The lowest BCUT2D eigenvalue weighted by molar-refractivity contribution is -0.151. The number of carbonyl (C=O) groups excluding carboxylic acids is 2. The number of ether oxygens (including phenoxy) is 1. The van der Waals surface area contributed by atoms with Crippen molar-refractivity contribution in [3.8, 4) is 0 Å². The molecular weight excluding hydrogens is 622 g/mol. The van der Waals surface area contributed by atoms with Crippen molar-refractivity contribution in [2.75, 3.05) is 6.61 Å². The van der Waals surface area contributed by atoms with E-state index in [-0.39, 0.29) is 24.9 Å². The number of hydrogen-bond acceptors (Lipinski definition) is 5. The quantitative estimate of drug-likeness (QED) is 0.0435. The highest BCUT2D eigenvalue weighted by atomic mass is 16.5. The maximum Gasteiger partial charge on any atom is 0.306 e. The molecule has 3 unspecified atom stereocenters. The van der Waals surface area contributed by atoms with Gasteiger partial charge in [-0.1, -0.05) is 207 Å². The first-order valence-corrected chi connectivity index (χ1v) is 22.3. The van der Waals surface area contributed by atoms with E-state index >= 15 is 0 Å². The van der Waals surface area contributed by atoms with E-state index in [1.54, 1.807) is 0 Å². The van der Waals surface area contributed by atoms with Gasteiger partial charge in [-0.15, -0.1) is 0 Å². The number of hydrogen-bond donors (Lipinski definition) is 3. The van der Waals surface area contributed by atoms with E-state index in [1.807, 2.05) is 0 Å². The molecule has 0 aliphatic heterocycles. The van der Waals surface area contributed by atoms with Gasteiger partial charge in [-0.2, -0.15) is 0 Å². The molecule has 0 aromatic heterocycles. The molecule has 0 aromatic carbocycles. The molecular formula is C44H87NO5. The zero-order chi connectivity index (χ0) is 36.8. The number of amides is 1. The summed E-state index contributed by atoms with van der Waals surface area (Å²) in [5.74, 6) is -0.465. The number of aliphatic hydroxyl groups is 2. The highest BCUT2D eigenvalue weighted by Crippen LogP contribution is 2.18. The van der Waals surface area contributed by atoms with Crippen LogP contribution in [0.5, 0.6) is 0 Å². The standard InChI is InChI=1S/C44H87NO5/c1-4-7-10-13-16-18-19-20-21-22-23-25-28-31-34-37-44(49)50-40(35-32-29-26-15-12-9-6-3)38-43(48)45-41(39-46)42(47)36-33-30-27-24-17-14-11-8-5-2/h40-42,46-47H,4-39H2,1-3H3,(H,45,48). The Bertz CT molecular complexity index is 717. The van der Waals surface area contributed by atoms with Crippen LogP contribution in [0.3, 0.4) is 0 Å². The van der Waals surface area contributed by atoms with E-state index in [2.05, 4.69) is 26.1 Å². The maximum absolute atomic E-state index is 13.0. The van der Waals surface area contributed by atoms with Crippen LogP contribution in [0.15, 0.2) is 0 Å². The monoisotopic (exact) mass is 710 g/mol. The number of rotatable bonds is 40. The van der Waals surface area contributed by atoms with Crippen LogP contribution < -0.4 is 5.32 Å². The smallest absolute Gasteiger partial charge is 0.306 e. The lowest BCUT2D eigenvalue weighted by Crippen LogP contribution is -2.46. The van der Waals surface area contributed by atoms with Crippen LogP contribution >= 0.6 is 0 Å². The van der Waals surface area contributed by atoms with E-state index in [4.69, 9.17) is 4.74 Å². The Labute approximate surface area is 311 Å². The van der Waals surface area contributed by atoms with Gasteiger partial charge in [-0.25, -0.2) is 0 Å². The van der Waals surface area contributed by atoms with E-state index in [0.29, 0.717) is 19.3 Å². The molecule has 0 rings (SSSR count). The van der Waals surface area contributed by atoms with Crippen molar-refractivity contribution in [2.24, 2.45) is 0 Å². The van der Waals surface area contributed by atoms with Gasteiger partial charge in [0.25, 0.3) is 0 Å². The van der Waals surface area contributed by atoms with Crippen molar-refractivity contribution >= 4 is 11.9 Å². The molecule has 3 atom stereocenters. The Kier molecular flexibility index (Phi) is 38.2. The molecule has 0 fully saturated rings. The molecule has 0 aliphatic rings. The van der Waals surface area contributed by atoms with Gasteiger partial charge in [0.15, 0.2) is 0 Å². The van der Waals surface area contributed by atoms with Gasteiger partial charge < -0.3 is 20.3 Å². The summed E-state index contributed by atoms with van der Waals surface area (Å²) in [6, 6.07) is -0.688. The Morgan fingerprint density at radius 2 is 0.840 bits per heavy atom. The highest BCUT2D eigenvalue weighted by molar-refractivity contribution is 5.77. The van der Waals surface area contributed by atoms with Gasteiger partial charge >= 0.3 is 5.97 Å². The summed E-state index contributed by atoms with van der Waals surface area (Å²) >= 11 is 0. The Morgan fingerprint density at radius 3 is 1.22 bits per heavy atom. The first-order chi connectivity index (χ1) is 24.5.